The van der Waals surface area contributed by atoms with E-state index in [1.54, 1.807) is 7.11 Å². The Kier molecular flexibility index (Phi) is 4.22. The Morgan fingerprint density at radius 3 is 2.60 bits per heavy atom. The maximum atomic E-state index is 5.98. The molecule has 1 rings (SSSR count). The van der Waals surface area contributed by atoms with Crippen molar-refractivity contribution in [2.24, 2.45) is 0 Å². The Hall–Kier alpha value is -0.950. The summed E-state index contributed by atoms with van der Waals surface area (Å²) >= 11 is 5.98. The Bertz CT molecular complexity index is 367. The summed E-state index contributed by atoms with van der Waals surface area (Å²) in [7, 11) is 1.68. The monoisotopic (exact) mass is 224 g/mol. The molecule has 82 valence electrons. The lowest BCUT2D eigenvalue weighted by atomic mass is 10.1. The number of hydrogen-bond donors (Lipinski definition) is 0. The Morgan fingerprint density at radius 1 is 1.47 bits per heavy atom. The number of allylic oxidation sites excluding steroid dienone is 1. The molecule has 0 aromatic heterocycles. The van der Waals surface area contributed by atoms with Crippen molar-refractivity contribution in [1.29, 1.82) is 0 Å². The first-order valence-electron chi connectivity index (χ1n) is 5.01. The summed E-state index contributed by atoms with van der Waals surface area (Å²) < 4.78 is 5.21. The topological polar surface area (TPSA) is 9.23 Å². The normalized spacial score (nSPS) is 13.8. The number of alkyl halides is 1. The van der Waals surface area contributed by atoms with E-state index in [1.165, 1.54) is 11.1 Å². The molecular formula is C13H17ClO. The smallest absolute Gasteiger partial charge is 0.121 e. The summed E-state index contributed by atoms with van der Waals surface area (Å²) in [4.78, 5) is 0. The third kappa shape index (κ3) is 3.28. The van der Waals surface area contributed by atoms with Crippen LogP contribution in [0.2, 0.25) is 0 Å². The van der Waals surface area contributed by atoms with Crippen LogP contribution in [0.1, 0.15) is 25.0 Å². The number of ether oxygens (including phenoxy) is 1. The highest BCUT2D eigenvalue weighted by Crippen LogP contribution is 2.21. The van der Waals surface area contributed by atoms with Gasteiger partial charge in [-0.3, -0.25) is 0 Å². The van der Waals surface area contributed by atoms with Gasteiger partial charge in [-0.1, -0.05) is 17.7 Å². The zero-order chi connectivity index (χ0) is 11.4. The van der Waals surface area contributed by atoms with E-state index in [9.17, 15) is 0 Å². The van der Waals surface area contributed by atoms with Gasteiger partial charge >= 0.3 is 0 Å². The second-order valence-corrected chi connectivity index (χ2v) is 4.39. The van der Waals surface area contributed by atoms with E-state index in [-0.39, 0.29) is 5.38 Å². The molecule has 0 radical (unpaired) electrons. The molecule has 0 fully saturated rings. The lowest BCUT2D eigenvalue weighted by Crippen LogP contribution is -1.92. The summed E-state index contributed by atoms with van der Waals surface area (Å²) in [5.74, 6) is 0.920. The summed E-state index contributed by atoms with van der Waals surface area (Å²) in [6.45, 7) is 6.05. The van der Waals surface area contributed by atoms with Crippen LogP contribution in [0.15, 0.2) is 23.8 Å². The van der Waals surface area contributed by atoms with Gasteiger partial charge in [0.05, 0.1) is 12.5 Å². The first-order chi connectivity index (χ1) is 7.04. The van der Waals surface area contributed by atoms with E-state index >= 15 is 0 Å². The molecule has 1 unspecified atom stereocenters. The van der Waals surface area contributed by atoms with Crippen LogP contribution in [-0.2, 0) is 0 Å². The molecule has 0 aliphatic carbocycles. The van der Waals surface area contributed by atoms with Crippen molar-refractivity contribution in [2.45, 2.75) is 26.1 Å². The third-order valence-corrected chi connectivity index (χ3v) is 2.78. The van der Waals surface area contributed by atoms with E-state index < -0.39 is 0 Å². The van der Waals surface area contributed by atoms with Crippen LogP contribution >= 0.6 is 11.6 Å². The standard InChI is InChI=1S/C13H17ClO/c1-9(11(3)14)7-12-5-6-13(15-4)10(2)8-12/h5-8,11H,1-4H3/b9-7-. The SMILES string of the molecule is COc1ccc(/C=C(/C)C(C)Cl)cc1C. The van der Waals surface area contributed by atoms with Crippen molar-refractivity contribution in [3.05, 3.63) is 34.9 Å². The van der Waals surface area contributed by atoms with Crippen molar-refractivity contribution >= 4 is 17.7 Å². The minimum absolute atomic E-state index is 0.0763. The second kappa shape index (κ2) is 5.22. The Balaban J connectivity index is 2.98. The average molecular weight is 225 g/mol. The van der Waals surface area contributed by atoms with Gasteiger partial charge < -0.3 is 4.74 Å². The highest BCUT2D eigenvalue weighted by Gasteiger charge is 2.01. The van der Waals surface area contributed by atoms with E-state index in [4.69, 9.17) is 16.3 Å². The van der Waals surface area contributed by atoms with Crippen LogP contribution in [0.5, 0.6) is 5.75 Å². The average Bonchev–Trinajstić information content (AvgIpc) is 2.18. The molecule has 1 aromatic rings. The van der Waals surface area contributed by atoms with Crippen molar-refractivity contribution in [1.82, 2.24) is 0 Å². The molecule has 0 N–H and O–H groups in total. The number of methoxy groups -OCH3 is 1. The van der Waals surface area contributed by atoms with Gasteiger partial charge in [0.25, 0.3) is 0 Å². The number of hydrogen-bond acceptors (Lipinski definition) is 1. The first-order valence-corrected chi connectivity index (χ1v) is 5.45. The quantitative estimate of drug-likeness (QED) is 0.705. The van der Waals surface area contributed by atoms with Gasteiger partial charge in [-0.25, -0.2) is 0 Å². The number of halogens is 1. The largest absolute Gasteiger partial charge is 0.496 e. The lowest BCUT2D eigenvalue weighted by molar-refractivity contribution is 0.411. The molecule has 0 saturated carbocycles. The van der Waals surface area contributed by atoms with Crippen molar-refractivity contribution in [2.75, 3.05) is 7.11 Å². The zero-order valence-electron chi connectivity index (χ0n) is 9.67. The molecule has 1 nitrogen and oxygen atoms in total. The fourth-order valence-corrected chi connectivity index (χ4v) is 1.43. The van der Waals surface area contributed by atoms with Gasteiger partial charge in [0.1, 0.15) is 5.75 Å². The highest BCUT2D eigenvalue weighted by atomic mass is 35.5. The van der Waals surface area contributed by atoms with E-state index in [1.807, 2.05) is 32.9 Å². The molecule has 0 spiro atoms. The molecule has 0 aliphatic heterocycles. The predicted molar refractivity (Wildman–Crippen MR) is 66.7 cm³/mol. The zero-order valence-corrected chi connectivity index (χ0v) is 10.4. The summed E-state index contributed by atoms with van der Waals surface area (Å²) in [6.07, 6.45) is 2.10. The van der Waals surface area contributed by atoms with Crippen LogP contribution in [0, 0.1) is 6.92 Å². The minimum atomic E-state index is 0.0763. The predicted octanol–water partition coefficient (Wildman–Crippen LogP) is 4.03. The van der Waals surface area contributed by atoms with Crippen molar-refractivity contribution in [3.63, 3.8) is 0 Å². The molecule has 0 aliphatic rings. The van der Waals surface area contributed by atoms with Crippen molar-refractivity contribution < 1.29 is 4.74 Å². The molecular weight excluding hydrogens is 208 g/mol. The molecule has 0 heterocycles. The Labute approximate surface area is 96.7 Å². The Morgan fingerprint density at radius 2 is 2.13 bits per heavy atom. The number of benzene rings is 1. The highest BCUT2D eigenvalue weighted by molar-refractivity contribution is 6.22. The number of rotatable bonds is 3. The molecule has 0 bridgehead atoms. The van der Waals surface area contributed by atoms with Gasteiger partial charge in [0, 0.05) is 0 Å². The van der Waals surface area contributed by atoms with E-state index in [0.29, 0.717) is 0 Å². The van der Waals surface area contributed by atoms with Crippen molar-refractivity contribution in [3.8, 4) is 5.75 Å². The minimum Gasteiger partial charge on any atom is -0.496 e. The fraction of sp³-hybridized carbons (Fsp3) is 0.385. The second-order valence-electron chi connectivity index (χ2n) is 3.73. The maximum Gasteiger partial charge on any atom is 0.121 e. The summed E-state index contributed by atoms with van der Waals surface area (Å²) in [5, 5.41) is 0.0763. The van der Waals surface area contributed by atoms with Crippen LogP contribution in [0.3, 0.4) is 0 Å². The molecule has 0 saturated heterocycles. The van der Waals surface area contributed by atoms with Crippen LogP contribution in [0.4, 0.5) is 0 Å². The molecule has 1 aromatic carbocycles. The maximum absolute atomic E-state index is 5.98. The fourth-order valence-electron chi connectivity index (χ4n) is 1.37. The van der Waals surface area contributed by atoms with E-state index in [2.05, 4.69) is 12.1 Å². The van der Waals surface area contributed by atoms with Gasteiger partial charge in [-0.2, -0.15) is 0 Å². The lowest BCUT2D eigenvalue weighted by Gasteiger charge is -2.07. The number of aryl methyl sites for hydroxylation is 1. The third-order valence-electron chi connectivity index (χ3n) is 2.44. The molecule has 0 amide bonds. The molecule has 1 atom stereocenters. The molecule has 15 heavy (non-hydrogen) atoms. The van der Waals surface area contributed by atoms with Gasteiger partial charge in [0.15, 0.2) is 0 Å². The van der Waals surface area contributed by atoms with Crippen LogP contribution < -0.4 is 4.74 Å². The van der Waals surface area contributed by atoms with Gasteiger partial charge in [-0.15, -0.1) is 11.6 Å². The first kappa shape index (κ1) is 12.1. The summed E-state index contributed by atoms with van der Waals surface area (Å²) in [6, 6.07) is 6.11. The van der Waals surface area contributed by atoms with Gasteiger partial charge in [-0.05, 0) is 44.0 Å². The van der Waals surface area contributed by atoms with Crippen LogP contribution in [0.25, 0.3) is 6.08 Å². The van der Waals surface area contributed by atoms with Crippen LogP contribution in [-0.4, -0.2) is 12.5 Å². The van der Waals surface area contributed by atoms with Gasteiger partial charge in [0.2, 0.25) is 0 Å². The summed E-state index contributed by atoms with van der Waals surface area (Å²) in [5.41, 5.74) is 3.47. The van der Waals surface area contributed by atoms with E-state index in [0.717, 1.165) is 11.3 Å². The molecule has 2 heteroatoms.